The molecule has 0 aromatic heterocycles. The number of likely N-dealkylation sites (tertiary alicyclic amines) is 1. The Bertz CT molecular complexity index is 1330. The smallest absolute Gasteiger partial charge is 0.238 e. The summed E-state index contributed by atoms with van der Waals surface area (Å²) in [6, 6.07) is 11.7. The molecule has 6 atom stereocenters. The average Bonchev–Trinajstić information content (AvgIpc) is 3.65. The van der Waals surface area contributed by atoms with Crippen molar-refractivity contribution in [3.05, 3.63) is 58.7 Å². The summed E-state index contributed by atoms with van der Waals surface area (Å²) in [4.78, 5) is 18.5. The number of likely N-dealkylation sites (N-methyl/N-ethyl adjacent to an activating group) is 1. The van der Waals surface area contributed by atoms with E-state index in [0.29, 0.717) is 25.0 Å². The van der Waals surface area contributed by atoms with E-state index in [-0.39, 0.29) is 35.9 Å². The first-order valence-electron chi connectivity index (χ1n) is 14.4. The van der Waals surface area contributed by atoms with E-state index in [1.807, 2.05) is 19.2 Å². The van der Waals surface area contributed by atoms with Crippen molar-refractivity contribution in [2.45, 2.75) is 86.7 Å². The number of phenols is 1. The van der Waals surface area contributed by atoms with Crippen LogP contribution in [0.15, 0.2) is 36.4 Å². The quantitative estimate of drug-likeness (QED) is 0.580. The van der Waals surface area contributed by atoms with Crippen molar-refractivity contribution in [2.75, 3.05) is 20.1 Å². The Kier molecular flexibility index (Phi) is 4.88. The number of hydrogen-bond acceptors (Lipinski definition) is 6. The number of ether oxygens (including phenoxy) is 1. The second-order valence-corrected chi connectivity index (χ2v) is 12.8. The molecule has 2 bridgehead atoms. The van der Waals surface area contributed by atoms with Crippen molar-refractivity contribution in [3.63, 3.8) is 0 Å². The number of nitrogens with zero attached hydrogens (tertiary/aromatic N) is 2. The third-order valence-corrected chi connectivity index (χ3v) is 10.9. The van der Waals surface area contributed by atoms with Crippen LogP contribution in [0.2, 0.25) is 0 Å². The highest BCUT2D eigenvalue weighted by molar-refractivity contribution is 5.83. The molecule has 3 fully saturated rings. The molecule has 3 heterocycles. The van der Waals surface area contributed by atoms with Crippen molar-refractivity contribution in [1.29, 1.82) is 0 Å². The van der Waals surface area contributed by atoms with E-state index in [9.17, 15) is 15.0 Å². The normalized spacial score (nSPS) is 37.2. The third kappa shape index (κ3) is 3.04. The minimum atomic E-state index is -0.932. The topological polar surface area (TPSA) is 85.3 Å². The van der Waals surface area contributed by atoms with Crippen molar-refractivity contribution in [3.8, 4) is 11.5 Å². The Morgan fingerprint density at radius 1 is 1.08 bits per heavy atom. The molecule has 1 spiro atoms. The number of phenolic OH excluding ortho intramolecular Hbond substituents is 1. The standard InChI is InChI=1S/C31H37N3O4/c1-33-17-21-5-3-2-4-19(21)14-23(33)29(36)32-22-10-11-31(37)25-15-20-8-9-24(35)27-26(20)30(31,28(22)38-27)12-13-34(25)16-18-6-7-18/h2-5,8-9,18,22-23,25,28,35,37H,6-7,10-17H2,1H3,(H,32,36)/t22-,23-,25+,28-,30-,31+/m0/s1. The van der Waals surface area contributed by atoms with Crippen molar-refractivity contribution >= 4 is 5.91 Å². The highest BCUT2D eigenvalue weighted by Crippen LogP contribution is 2.65. The summed E-state index contributed by atoms with van der Waals surface area (Å²) >= 11 is 0. The predicted molar refractivity (Wildman–Crippen MR) is 142 cm³/mol. The molecule has 6 aliphatic rings. The van der Waals surface area contributed by atoms with Crippen LogP contribution in [0.3, 0.4) is 0 Å². The lowest BCUT2D eigenvalue weighted by molar-refractivity contribution is -0.192. The van der Waals surface area contributed by atoms with Crippen LogP contribution in [0.5, 0.6) is 11.5 Å². The molecule has 0 radical (unpaired) electrons. The molecule has 3 aliphatic heterocycles. The maximum absolute atomic E-state index is 13.8. The number of amides is 1. The van der Waals surface area contributed by atoms with Gasteiger partial charge in [-0.15, -0.1) is 0 Å². The van der Waals surface area contributed by atoms with E-state index in [4.69, 9.17) is 4.74 Å². The number of piperidine rings is 1. The summed E-state index contributed by atoms with van der Waals surface area (Å²) in [6.45, 7) is 2.73. The molecule has 3 N–H and O–H groups in total. The molecule has 1 saturated heterocycles. The Balaban J connectivity index is 1.13. The number of hydrogen-bond donors (Lipinski definition) is 3. The minimum absolute atomic E-state index is 0.0244. The summed E-state index contributed by atoms with van der Waals surface area (Å²) in [5.41, 5.74) is 3.17. The first-order chi connectivity index (χ1) is 18.4. The van der Waals surface area contributed by atoms with E-state index in [2.05, 4.69) is 33.3 Å². The fourth-order valence-electron chi connectivity index (χ4n) is 8.85. The Hall–Kier alpha value is -2.61. The number of benzene rings is 2. The van der Waals surface area contributed by atoms with Crippen LogP contribution in [-0.4, -0.2) is 75.9 Å². The van der Waals surface area contributed by atoms with Gasteiger partial charge in [-0.25, -0.2) is 0 Å². The van der Waals surface area contributed by atoms with Crippen LogP contribution < -0.4 is 10.1 Å². The third-order valence-electron chi connectivity index (χ3n) is 10.9. The molecule has 2 aromatic rings. The van der Waals surface area contributed by atoms with E-state index < -0.39 is 11.0 Å². The van der Waals surface area contributed by atoms with Crippen LogP contribution in [0.25, 0.3) is 0 Å². The first kappa shape index (κ1) is 23.3. The van der Waals surface area contributed by atoms with Gasteiger partial charge in [0.25, 0.3) is 0 Å². The zero-order valence-corrected chi connectivity index (χ0v) is 22.0. The number of carbonyl (C=O) groups excluding carboxylic acids is 1. The highest BCUT2D eigenvalue weighted by atomic mass is 16.5. The molecular weight excluding hydrogens is 478 g/mol. The van der Waals surface area contributed by atoms with Crippen LogP contribution >= 0.6 is 0 Å². The maximum atomic E-state index is 13.8. The van der Waals surface area contributed by atoms with Gasteiger partial charge in [-0.1, -0.05) is 30.3 Å². The highest BCUT2D eigenvalue weighted by Gasteiger charge is 2.73. The summed E-state index contributed by atoms with van der Waals surface area (Å²) in [6.07, 6.45) is 5.75. The monoisotopic (exact) mass is 515 g/mol. The number of carbonyl (C=O) groups is 1. The van der Waals surface area contributed by atoms with E-state index in [1.54, 1.807) is 6.07 Å². The van der Waals surface area contributed by atoms with Gasteiger partial charge in [-0.3, -0.25) is 14.6 Å². The van der Waals surface area contributed by atoms with Gasteiger partial charge in [0.05, 0.1) is 23.1 Å². The summed E-state index contributed by atoms with van der Waals surface area (Å²) in [5.74, 6) is 1.46. The second-order valence-electron chi connectivity index (χ2n) is 12.8. The lowest BCUT2D eigenvalue weighted by Crippen LogP contribution is -2.78. The van der Waals surface area contributed by atoms with E-state index >= 15 is 0 Å². The number of rotatable bonds is 4. The molecule has 200 valence electrons. The predicted octanol–water partition coefficient (Wildman–Crippen LogP) is 2.50. The van der Waals surface area contributed by atoms with Gasteiger partial charge in [0, 0.05) is 24.7 Å². The molecule has 3 aliphatic carbocycles. The molecule has 2 aromatic carbocycles. The molecule has 7 nitrogen and oxygen atoms in total. The van der Waals surface area contributed by atoms with Gasteiger partial charge in [0.15, 0.2) is 11.5 Å². The van der Waals surface area contributed by atoms with Crippen LogP contribution in [0.4, 0.5) is 0 Å². The van der Waals surface area contributed by atoms with Crippen LogP contribution in [0.1, 0.15) is 54.4 Å². The van der Waals surface area contributed by atoms with Gasteiger partial charge >= 0.3 is 0 Å². The van der Waals surface area contributed by atoms with Gasteiger partial charge < -0.3 is 20.3 Å². The molecule has 8 rings (SSSR count). The molecular formula is C31H37N3O4. The fourth-order valence-corrected chi connectivity index (χ4v) is 8.85. The van der Waals surface area contributed by atoms with Crippen molar-refractivity contribution in [1.82, 2.24) is 15.1 Å². The second kappa shape index (κ2) is 7.96. The SMILES string of the molecule is CN1Cc2ccccc2C[C@H]1C(=O)N[C@H]1CC[C@@]2(O)[C@H]3Cc4ccc(O)c5c4[C@@]2(CCN3CC2CC2)[C@H]1O5. The van der Waals surface area contributed by atoms with Crippen molar-refractivity contribution < 1.29 is 19.7 Å². The van der Waals surface area contributed by atoms with Crippen LogP contribution in [0, 0.1) is 5.92 Å². The number of nitrogens with one attached hydrogen (secondary N) is 1. The average molecular weight is 516 g/mol. The molecule has 7 heteroatoms. The molecule has 2 saturated carbocycles. The van der Waals surface area contributed by atoms with Crippen molar-refractivity contribution in [2.24, 2.45) is 5.92 Å². The van der Waals surface area contributed by atoms with Gasteiger partial charge in [0.1, 0.15) is 6.10 Å². The van der Waals surface area contributed by atoms with Crippen LogP contribution in [-0.2, 0) is 29.6 Å². The summed E-state index contributed by atoms with van der Waals surface area (Å²) in [7, 11) is 2.02. The molecule has 0 unspecified atom stereocenters. The van der Waals surface area contributed by atoms with E-state index in [0.717, 1.165) is 44.0 Å². The zero-order chi connectivity index (χ0) is 25.8. The Morgan fingerprint density at radius 3 is 2.71 bits per heavy atom. The van der Waals surface area contributed by atoms with Gasteiger partial charge in [0.2, 0.25) is 5.91 Å². The fraction of sp³-hybridized carbons (Fsp3) is 0.581. The van der Waals surface area contributed by atoms with E-state index in [1.165, 1.54) is 29.5 Å². The summed E-state index contributed by atoms with van der Waals surface area (Å²) < 4.78 is 6.63. The summed E-state index contributed by atoms with van der Waals surface area (Å²) in [5, 5.41) is 26.9. The molecule has 1 amide bonds. The lowest BCUT2D eigenvalue weighted by atomic mass is 9.48. The minimum Gasteiger partial charge on any atom is -0.504 e. The zero-order valence-electron chi connectivity index (χ0n) is 22.0. The number of aliphatic hydroxyl groups is 1. The Morgan fingerprint density at radius 2 is 1.89 bits per heavy atom. The number of aromatic hydroxyl groups is 1. The first-order valence-corrected chi connectivity index (χ1v) is 14.4. The van der Waals surface area contributed by atoms with Gasteiger partial charge in [-0.05, 0) is 87.2 Å². The maximum Gasteiger partial charge on any atom is 0.238 e. The lowest BCUT2D eigenvalue weighted by Gasteiger charge is -2.64. The largest absolute Gasteiger partial charge is 0.504 e. The Labute approximate surface area is 223 Å². The number of fused-ring (bicyclic) bond motifs is 1. The molecule has 38 heavy (non-hydrogen) atoms. The van der Waals surface area contributed by atoms with Gasteiger partial charge in [-0.2, -0.15) is 0 Å².